The quantitative estimate of drug-likeness (QED) is 0.464. The molecule has 0 saturated carbocycles. The largest absolute Gasteiger partial charge is 0.478 e. The summed E-state index contributed by atoms with van der Waals surface area (Å²) in [6.07, 6.45) is 4.57. The molecule has 182 valence electrons. The highest BCUT2D eigenvalue weighted by atomic mass is 19.3. The number of rotatable bonds is 11. The second kappa shape index (κ2) is 11.4. The number of aliphatic hydroxyl groups excluding tert-OH is 1. The second-order valence-corrected chi connectivity index (χ2v) is 8.96. The standard InChI is InChI=1S/C27H31F2NO4/c1-19(6-5-9-20-7-3-2-4-8-20)24(31)15-14-23-18-27(28,29)26(34)30(23)17-16-21-10-12-22(13-11-21)25(32)33/h2-4,7-8,10-15,19,23-24,31H,5-6,9,16-18H2,1H3,(H,32,33)/b15-14+/t19-,23-,24+/m0/s1. The molecular formula is C27H31F2NO4. The molecule has 0 spiro atoms. The minimum atomic E-state index is -3.44. The van der Waals surface area contributed by atoms with Gasteiger partial charge in [-0.15, -0.1) is 0 Å². The van der Waals surface area contributed by atoms with Crippen molar-refractivity contribution in [3.8, 4) is 0 Å². The third-order valence-corrected chi connectivity index (χ3v) is 6.36. The van der Waals surface area contributed by atoms with Crippen LogP contribution in [0.25, 0.3) is 0 Å². The first-order valence-electron chi connectivity index (χ1n) is 11.6. The molecule has 7 heteroatoms. The fourth-order valence-electron chi connectivity index (χ4n) is 4.20. The van der Waals surface area contributed by atoms with Crippen LogP contribution in [0.2, 0.25) is 0 Å². The molecule has 1 aliphatic rings. The number of likely N-dealkylation sites (tertiary alicyclic amines) is 1. The number of benzene rings is 2. The third-order valence-electron chi connectivity index (χ3n) is 6.36. The number of nitrogens with zero attached hydrogens (tertiary/aromatic N) is 1. The first-order valence-corrected chi connectivity index (χ1v) is 11.6. The summed E-state index contributed by atoms with van der Waals surface area (Å²) in [5.74, 6) is -5.73. The number of aryl methyl sites for hydroxylation is 1. The van der Waals surface area contributed by atoms with E-state index in [2.05, 4.69) is 12.1 Å². The van der Waals surface area contributed by atoms with E-state index in [9.17, 15) is 23.5 Å². The number of alkyl halides is 2. The van der Waals surface area contributed by atoms with Gasteiger partial charge >= 0.3 is 11.9 Å². The Balaban J connectivity index is 1.55. The van der Waals surface area contributed by atoms with Crippen LogP contribution >= 0.6 is 0 Å². The van der Waals surface area contributed by atoms with E-state index >= 15 is 0 Å². The Hall–Kier alpha value is -3.06. The van der Waals surface area contributed by atoms with E-state index in [4.69, 9.17) is 5.11 Å². The number of carbonyl (C=O) groups excluding carboxylic acids is 1. The van der Waals surface area contributed by atoms with Crippen molar-refractivity contribution in [2.75, 3.05) is 6.54 Å². The predicted molar refractivity (Wildman–Crippen MR) is 126 cm³/mol. The highest BCUT2D eigenvalue weighted by molar-refractivity contribution is 5.87. The minimum Gasteiger partial charge on any atom is -0.478 e. The Labute approximate surface area is 198 Å². The van der Waals surface area contributed by atoms with Crippen molar-refractivity contribution in [1.82, 2.24) is 4.90 Å². The molecule has 1 aliphatic heterocycles. The zero-order chi connectivity index (χ0) is 24.7. The van der Waals surface area contributed by atoms with Crippen molar-refractivity contribution in [2.24, 2.45) is 5.92 Å². The molecule has 0 aromatic heterocycles. The molecule has 1 heterocycles. The van der Waals surface area contributed by atoms with E-state index in [0.29, 0.717) is 6.42 Å². The Morgan fingerprint density at radius 2 is 1.76 bits per heavy atom. The summed E-state index contributed by atoms with van der Waals surface area (Å²) in [6.45, 7) is 2.01. The van der Waals surface area contributed by atoms with Crippen molar-refractivity contribution >= 4 is 11.9 Å². The van der Waals surface area contributed by atoms with Gasteiger partial charge in [-0.05, 0) is 54.9 Å². The van der Waals surface area contributed by atoms with E-state index in [1.165, 1.54) is 29.8 Å². The first-order chi connectivity index (χ1) is 16.2. The van der Waals surface area contributed by atoms with Crippen LogP contribution in [0.1, 0.15) is 47.7 Å². The minimum absolute atomic E-state index is 0.0428. The number of amides is 1. The maximum absolute atomic E-state index is 14.2. The summed E-state index contributed by atoms with van der Waals surface area (Å²) in [7, 11) is 0. The average molecular weight is 472 g/mol. The van der Waals surface area contributed by atoms with Crippen molar-refractivity contribution in [3.63, 3.8) is 0 Å². The van der Waals surface area contributed by atoms with Gasteiger partial charge < -0.3 is 15.1 Å². The smallest absolute Gasteiger partial charge is 0.335 e. The van der Waals surface area contributed by atoms with E-state index < -0.39 is 36.4 Å². The molecule has 34 heavy (non-hydrogen) atoms. The number of carboxylic acid groups (broad SMARTS) is 1. The van der Waals surface area contributed by atoms with Crippen molar-refractivity contribution in [1.29, 1.82) is 0 Å². The average Bonchev–Trinajstić information content (AvgIpc) is 3.04. The van der Waals surface area contributed by atoms with Gasteiger partial charge in [-0.1, -0.05) is 61.5 Å². The van der Waals surface area contributed by atoms with Crippen molar-refractivity contribution < 1.29 is 28.6 Å². The molecule has 0 radical (unpaired) electrons. The van der Waals surface area contributed by atoms with Gasteiger partial charge in [-0.3, -0.25) is 4.79 Å². The van der Waals surface area contributed by atoms with E-state index in [1.807, 2.05) is 25.1 Å². The first kappa shape index (κ1) is 25.6. The summed E-state index contributed by atoms with van der Waals surface area (Å²) in [5.41, 5.74) is 2.13. The highest BCUT2D eigenvalue weighted by Gasteiger charge is 2.52. The number of aromatic carboxylic acids is 1. The highest BCUT2D eigenvalue weighted by Crippen LogP contribution is 2.34. The normalized spacial score (nSPS) is 19.5. The van der Waals surface area contributed by atoms with Gasteiger partial charge in [-0.25, -0.2) is 4.79 Å². The zero-order valence-electron chi connectivity index (χ0n) is 19.2. The van der Waals surface area contributed by atoms with Crippen LogP contribution in [-0.4, -0.2) is 51.6 Å². The van der Waals surface area contributed by atoms with Crippen LogP contribution in [0.4, 0.5) is 8.78 Å². The molecule has 5 nitrogen and oxygen atoms in total. The molecular weight excluding hydrogens is 440 g/mol. The van der Waals surface area contributed by atoms with Crippen molar-refractivity contribution in [3.05, 3.63) is 83.4 Å². The van der Waals surface area contributed by atoms with Crippen LogP contribution < -0.4 is 0 Å². The molecule has 0 aliphatic carbocycles. The molecule has 2 N–H and O–H groups in total. The third kappa shape index (κ3) is 6.73. The van der Waals surface area contributed by atoms with Gasteiger partial charge in [-0.2, -0.15) is 8.78 Å². The number of hydrogen-bond donors (Lipinski definition) is 2. The van der Waals surface area contributed by atoms with Gasteiger partial charge in [0.15, 0.2) is 0 Å². The lowest BCUT2D eigenvalue weighted by Gasteiger charge is -2.22. The van der Waals surface area contributed by atoms with Crippen LogP contribution in [-0.2, 0) is 17.6 Å². The summed E-state index contributed by atoms with van der Waals surface area (Å²) in [6, 6.07) is 15.4. The molecule has 2 aromatic rings. The Kier molecular flexibility index (Phi) is 8.56. The number of carbonyl (C=O) groups is 2. The van der Waals surface area contributed by atoms with Crippen LogP contribution in [0.5, 0.6) is 0 Å². The molecule has 3 atom stereocenters. The SMILES string of the molecule is C[C@@H](CCCc1ccccc1)[C@H](O)/C=C/[C@H]1CC(F)(F)C(=O)N1CCc1ccc(C(=O)O)cc1. The summed E-state index contributed by atoms with van der Waals surface area (Å²) in [5, 5.41) is 19.5. The topological polar surface area (TPSA) is 77.8 Å². The van der Waals surface area contributed by atoms with Crippen molar-refractivity contribution in [2.45, 2.75) is 57.1 Å². The van der Waals surface area contributed by atoms with E-state index in [0.717, 1.165) is 29.7 Å². The fourth-order valence-corrected chi connectivity index (χ4v) is 4.20. The molecule has 0 unspecified atom stereocenters. The number of halogens is 2. The lowest BCUT2D eigenvalue weighted by Crippen LogP contribution is -2.37. The van der Waals surface area contributed by atoms with Gasteiger partial charge in [0, 0.05) is 13.0 Å². The maximum Gasteiger partial charge on any atom is 0.335 e. The fraction of sp³-hybridized carbons (Fsp3) is 0.407. The monoisotopic (exact) mass is 471 g/mol. The molecule has 1 fully saturated rings. The molecule has 1 saturated heterocycles. The summed E-state index contributed by atoms with van der Waals surface area (Å²) >= 11 is 0. The van der Waals surface area contributed by atoms with Gasteiger partial charge in [0.2, 0.25) is 0 Å². The van der Waals surface area contributed by atoms with Crippen LogP contribution in [0, 0.1) is 5.92 Å². The van der Waals surface area contributed by atoms with E-state index in [1.54, 1.807) is 12.1 Å². The van der Waals surface area contributed by atoms with Gasteiger partial charge in [0.05, 0.1) is 17.7 Å². The van der Waals surface area contributed by atoms with E-state index in [-0.39, 0.29) is 18.0 Å². The number of aliphatic hydroxyl groups is 1. The Bertz CT molecular complexity index is 991. The Morgan fingerprint density at radius 3 is 2.41 bits per heavy atom. The molecule has 0 bridgehead atoms. The van der Waals surface area contributed by atoms with Gasteiger partial charge in [0.1, 0.15) is 0 Å². The lowest BCUT2D eigenvalue weighted by molar-refractivity contribution is -0.148. The predicted octanol–water partition coefficient (Wildman–Crippen LogP) is 4.74. The number of hydrogen-bond acceptors (Lipinski definition) is 3. The lowest BCUT2D eigenvalue weighted by atomic mass is 9.95. The maximum atomic E-state index is 14.2. The molecule has 1 amide bonds. The summed E-state index contributed by atoms with van der Waals surface area (Å²) < 4.78 is 28.3. The Morgan fingerprint density at radius 1 is 1.12 bits per heavy atom. The molecule has 2 aromatic carbocycles. The van der Waals surface area contributed by atoms with Crippen LogP contribution in [0.3, 0.4) is 0 Å². The summed E-state index contributed by atoms with van der Waals surface area (Å²) in [4.78, 5) is 24.4. The number of carboxylic acids is 1. The molecule has 3 rings (SSSR count). The van der Waals surface area contributed by atoms with Gasteiger partial charge in [0.25, 0.3) is 5.91 Å². The van der Waals surface area contributed by atoms with Crippen LogP contribution in [0.15, 0.2) is 66.7 Å². The second-order valence-electron chi connectivity index (χ2n) is 8.96. The zero-order valence-corrected chi connectivity index (χ0v) is 19.2.